The second-order valence-corrected chi connectivity index (χ2v) is 6.72. The summed E-state index contributed by atoms with van der Waals surface area (Å²) < 4.78 is 5.15. The van der Waals surface area contributed by atoms with Crippen molar-refractivity contribution in [2.45, 2.75) is 25.3 Å². The highest BCUT2D eigenvalue weighted by molar-refractivity contribution is 7.12. The quantitative estimate of drug-likeness (QED) is 0.810. The zero-order valence-corrected chi connectivity index (χ0v) is 14.9. The number of methoxy groups -OCH3 is 1. The minimum Gasteiger partial charge on any atom is -0.504 e. The van der Waals surface area contributed by atoms with Crippen LogP contribution in [0.15, 0.2) is 40.8 Å². The van der Waals surface area contributed by atoms with E-state index in [0.29, 0.717) is 17.7 Å². The van der Waals surface area contributed by atoms with Crippen molar-refractivity contribution in [2.75, 3.05) is 7.11 Å². The van der Waals surface area contributed by atoms with Crippen LogP contribution in [0.3, 0.4) is 0 Å². The molecule has 0 radical (unpaired) electrons. The fourth-order valence-electron chi connectivity index (χ4n) is 2.88. The molecule has 0 aliphatic carbocycles. The first-order valence-electron chi connectivity index (χ1n) is 8.02. The highest BCUT2D eigenvalue weighted by Gasteiger charge is 2.35. The number of phenolic OH excluding ortho intramolecular Hbond substituents is 1. The van der Waals surface area contributed by atoms with Crippen LogP contribution in [-0.4, -0.2) is 39.9 Å². The summed E-state index contributed by atoms with van der Waals surface area (Å²) >= 11 is 1.51. The summed E-state index contributed by atoms with van der Waals surface area (Å²) in [5, 5.41) is 27.0. The average molecular weight is 374 g/mol. The van der Waals surface area contributed by atoms with Gasteiger partial charge in [-0.2, -0.15) is 5.10 Å². The highest BCUT2D eigenvalue weighted by Crippen LogP contribution is 2.41. The number of hydrogen-bond acceptors (Lipinski definition) is 6. The molecule has 2 aromatic rings. The first-order valence-corrected chi connectivity index (χ1v) is 8.90. The zero-order valence-electron chi connectivity index (χ0n) is 14.1. The van der Waals surface area contributed by atoms with Gasteiger partial charge in [0.2, 0.25) is 5.91 Å². The van der Waals surface area contributed by atoms with E-state index in [1.807, 2.05) is 17.5 Å². The lowest BCUT2D eigenvalue weighted by molar-refractivity contribution is -0.141. The minimum absolute atomic E-state index is 0.0429. The molecule has 3 rings (SSSR count). The molecule has 0 fully saturated rings. The number of phenols is 1. The predicted octanol–water partition coefficient (Wildman–Crippen LogP) is 3.00. The Morgan fingerprint density at radius 1 is 1.31 bits per heavy atom. The van der Waals surface area contributed by atoms with E-state index in [9.17, 15) is 14.7 Å². The smallest absolute Gasteiger partial charge is 0.303 e. The number of carbonyl (C=O) groups is 2. The van der Waals surface area contributed by atoms with Gasteiger partial charge >= 0.3 is 5.97 Å². The second-order valence-electron chi connectivity index (χ2n) is 5.77. The predicted molar refractivity (Wildman–Crippen MR) is 96.6 cm³/mol. The maximum atomic E-state index is 12.6. The van der Waals surface area contributed by atoms with Gasteiger partial charge in [0, 0.05) is 18.4 Å². The normalized spacial score (nSPS) is 16.4. The van der Waals surface area contributed by atoms with Crippen LogP contribution in [0.25, 0.3) is 0 Å². The lowest BCUT2D eigenvalue weighted by Crippen LogP contribution is -2.27. The fraction of sp³-hybridized carbons (Fsp3) is 0.278. The number of benzene rings is 1. The summed E-state index contributed by atoms with van der Waals surface area (Å²) in [6, 6.07) is 8.38. The van der Waals surface area contributed by atoms with Gasteiger partial charge in [-0.25, -0.2) is 5.01 Å². The van der Waals surface area contributed by atoms with Gasteiger partial charge in [-0.15, -0.1) is 11.3 Å². The van der Waals surface area contributed by atoms with Crippen LogP contribution in [0, 0.1) is 0 Å². The van der Waals surface area contributed by atoms with E-state index < -0.39 is 17.9 Å². The number of hydrazone groups is 1. The Hall–Kier alpha value is -2.87. The number of aromatic hydroxyl groups is 1. The SMILES string of the molecule is COc1cccc([C@H]2CC(c3cccs3)=NN2C(=O)CCC(=O)O)c1O. The first-order chi connectivity index (χ1) is 12.5. The van der Waals surface area contributed by atoms with Crippen molar-refractivity contribution in [1.29, 1.82) is 0 Å². The minimum atomic E-state index is -1.04. The summed E-state index contributed by atoms with van der Waals surface area (Å²) in [6.07, 6.45) is 0.00778. The van der Waals surface area contributed by atoms with E-state index >= 15 is 0 Å². The van der Waals surface area contributed by atoms with E-state index in [0.717, 1.165) is 10.6 Å². The summed E-state index contributed by atoms with van der Waals surface area (Å²) in [6.45, 7) is 0. The molecule has 2 heterocycles. The van der Waals surface area contributed by atoms with Gasteiger partial charge in [-0.3, -0.25) is 9.59 Å². The van der Waals surface area contributed by atoms with Gasteiger partial charge in [0.25, 0.3) is 0 Å². The average Bonchev–Trinajstić information content (AvgIpc) is 3.29. The molecule has 1 amide bonds. The molecular weight excluding hydrogens is 356 g/mol. The Kier molecular flexibility index (Phi) is 5.22. The Morgan fingerprint density at radius 3 is 2.77 bits per heavy atom. The van der Waals surface area contributed by atoms with E-state index in [1.54, 1.807) is 18.2 Å². The van der Waals surface area contributed by atoms with Gasteiger partial charge in [-0.05, 0) is 17.5 Å². The Bertz CT molecular complexity index is 847. The number of carbonyl (C=O) groups excluding carboxylic acids is 1. The van der Waals surface area contributed by atoms with Crippen molar-refractivity contribution >= 4 is 28.9 Å². The fourth-order valence-corrected chi connectivity index (χ4v) is 3.60. The van der Waals surface area contributed by atoms with Crippen molar-refractivity contribution in [3.63, 3.8) is 0 Å². The summed E-state index contributed by atoms with van der Waals surface area (Å²) in [4.78, 5) is 24.3. The van der Waals surface area contributed by atoms with Crippen molar-refractivity contribution in [2.24, 2.45) is 5.10 Å². The van der Waals surface area contributed by atoms with Gasteiger partial charge in [0.05, 0.1) is 30.2 Å². The standard InChI is InChI=1S/C18H18N2O5S/c1-25-14-5-2-4-11(18(14)24)13-10-12(15-6-3-9-26-15)19-20(13)16(21)7-8-17(22)23/h2-6,9,13,24H,7-8,10H2,1H3,(H,22,23)/t13-/m1/s1. The Morgan fingerprint density at radius 2 is 2.12 bits per heavy atom. The molecular formula is C18H18N2O5S. The van der Waals surface area contributed by atoms with E-state index in [4.69, 9.17) is 9.84 Å². The van der Waals surface area contributed by atoms with Crippen LogP contribution in [0.4, 0.5) is 0 Å². The third-order valence-corrected chi connectivity index (χ3v) is 5.05. The molecule has 0 saturated heterocycles. The van der Waals surface area contributed by atoms with E-state index in [-0.39, 0.29) is 18.6 Å². The van der Waals surface area contributed by atoms with Crippen LogP contribution in [-0.2, 0) is 9.59 Å². The van der Waals surface area contributed by atoms with Crippen LogP contribution in [0.2, 0.25) is 0 Å². The molecule has 26 heavy (non-hydrogen) atoms. The van der Waals surface area contributed by atoms with E-state index in [1.165, 1.54) is 23.5 Å². The van der Waals surface area contributed by atoms with Gasteiger partial charge in [0.1, 0.15) is 0 Å². The maximum absolute atomic E-state index is 12.6. The molecule has 1 aromatic carbocycles. The molecule has 7 nitrogen and oxygen atoms in total. The molecule has 0 saturated carbocycles. The number of rotatable bonds is 6. The third kappa shape index (κ3) is 3.55. The lowest BCUT2D eigenvalue weighted by Gasteiger charge is -2.23. The molecule has 0 spiro atoms. The number of amides is 1. The van der Waals surface area contributed by atoms with Crippen molar-refractivity contribution in [3.8, 4) is 11.5 Å². The van der Waals surface area contributed by atoms with Crippen molar-refractivity contribution < 1.29 is 24.5 Å². The number of nitrogens with zero attached hydrogens (tertiary/aromatic N) is 2. The van der Waals surface area contributed by atoms with E-state index in [2.05, 4.69) is 5.10 Å². The number of carboxylic acid groups (broad SMARTS) is 1. The highest BCUT2D eigenvalue weighted by atomic mass is 32.1. The molecule has 0 bridgehead atoms. The second kappa shape index (κ2) is 7.57. The molecule has 136 valence electrons. The number of carboxylic acids is 1. The summed E-state index contributed by atoms with van der Waals surface area (Å²) in [5.74, 6) is -1.17. The topological polar surface area (TPSA) is 99.4 Å². The number of ether oxygens (including phenoxy) is 1. The van der Waals surface area contributed by atoms with Gasteiger partial charge in [0.15, 0.2) is 11.5 Å². The number of thiophene rings is 1. The van der Waals surface area contributed by atoms with Crippen LogP contribution < -0.4 is 4.74 Å². The number of hydrogen-bond donors (Lipinski definition) is 2. The monoisotopic (exact) mass is 374 g/mol. The molecule has 1 aliphatic heterocycles. The van der Waals surface area contributed by atoms with Gasteiger partial charge < -0.3 is 14.9 Å². The van der Waals surface area contributed by atoms with Crippen LogP contribution >= 0.6 is 11.3 Å². The molecule has 1 aromatic heterocycles. The largest absolute Gasteiger partial charge is 0.504 e. The third-order valence-electron chi connectivity index (χ3n) is 4.13. The van der Waals surface area contributed by atoms with Gasteiger partial charge in [-0.1, -0.05) is 18.2 Å². The summed E-state index contributed by atoms with van der Waals surface area (Å²) in [5.41, 5.74) is 1.25. The molecule has 1 atom stereocenters. The molecule has 0 unspecified atom stereocenters. The Balaban J connectivity index is 1.95. The molecule has 2 N–H and O–H groups in total. The lowest BCUT2D eigenvalue weighted by atomic mass is 9.99. The molecule has 1 aliphatic rings. The summed E-state index contributed by atoms with van der Waals surface area (Å²) in [7, 11) is 1.46. The zero-order chi connectivity index (χ0) is 18.7. The number of para-hydroxylation sites is 1. The Labute approximate surface area is 154 Å². The number of aliphatic carboxylic acids is 1. The first kappa shape index (κ1) is 17.9. The van der Waals surface area contributed by atoms with Crippen LogP contribution in [0.5, 0.6) is 11.5 Å². The molecule has 8 heteroatoms. The van der Waals surface area contributed by atoms with Crippen LogP contribution in [0.1, 0.15) is 35.7 Å². The van der Waals surface area contributed by atoms with Crippen molar-refractivity contribution in [3.05, 3.63) is 46.2 Å². The maximum Gasteiger partial charge on any atom is 0.303 e. The van der Waals surface area contributed by atoms with Crippen molar-refractivity contribution in [1.82, 2.24) is 5.01 Å².